The minimum Gasteiger partial charge on any atom is -0.491 e. The monoisotopic (exact) mass is 316 g/mol. The lowest BCUT2D eigenvalue weighted by Gasteiger charge is -2.13. The van der Waals surface area contributed by atoms with Crippen molar-refractivity contribution in [2.24, 2.45) is 0 Å². The van der Waals surface area contributed by atoms with E-state index in [9.17, 15) is 0 Å². The lowest BCUT2D eigenvalue weighted by atomic mass is 10.2. The average molecular weight is 316 g/mol. The van der Waals surface area contributed by atoms with E-state index in [4.69, 9.17) is 14.2 Å². The summed E-state index contributed by atoms with van der Waals surface area (Å²) in [6.07, 6.45) is 7.21. The fraction of sp³-hybridized carbons (Fsp3) is 0.444. The smallest absolute Gasteiger partial charge is 0.128 e. The first-order valence-electron chi connectivity index (χ1n) is 7.75. The molecule has 0 aromatic carbocycles. The van der Waals surface area contributed by atoms with Gasteiger partial charge in [-0.1, -0.05) is 0 Å². The number of nitrogens with zero attached hydrogens (tertiary/aromatic N) is 2. The zero-order valence-corrected chi connectivity index (χ0v) is 14.3. The SMILES string of the molecule is Cc1cncc(C)c1OCCOCCOc1c(C)cncc1C. The lowest BCUT2D eigenvalue weighted by Crippen LogP contribution is -2.13. The van der Waals surface area contributed by atoms with E-state index in [1.165, 1.54) is 0 Å². The molecule has 124 valence electrons. The quantitative estimate of drug-likeness (QED) is 0.700. The molecular formula is C18H24N2O3. The van der Waals surface area contributed by atoms with Crippen LogP contribution >= 0.6 is 0 Å². The summed E-state index contributed by atoms with van der Waals surface area (Å²) in [6.45, 7) is 10.0. The van der Waals surface area contributed by atoms with Crippen LogP contribution in [0.4, 0.5) is 0 Å². The van der Waals surface area contributed by atoms with E-state index in [-0.39, 0.29) is 0 Å². The first-order valence-corrected chi connectivity index (χ1v) is 7.75. The number of aromatic nitrogens is 2. The highest BCUT2D eigenvalue weighted by molar-refractivity contribution is 5.37. The Morgan fingerprint density at radius 1 is 0.609 bits per heavy atom. The molecule has 0 aliphatic heterocycles. The maximum absolute atomic E-state index is 5.76. The van der Waals surface area contributed by atoms with E-state index < -0.39 is 0 Å². The van der Waals surface area contributed by atoms with E-state index in [2.05, 4.69) is 9.97 Å². The van der Waals surface area contributed by atoms with E-state index in [1.54, 1.807) is 24.8 Å². The van der Waals surface area contributed by atoms with Crippen LogP contribution in [0.2, 0.25) is 0 Å². The summed E-state index contributed by atoms with van der Waals surface area (Å²) in [4.78, 5) is 8.25. The number of rotatable bonds is 8. The van der Waals surface area contributed by atoms with E-state index in [0.717, 1.165) is 33.8 Å². The third-order valence-electron chi connectivity index (χ3n) is 3.45. The standard InChI is InChI=1S/C18H24N2O3/c1-13-9-19-10-14(2)17(13)22-7-5-21-6-8-23-18-15(3)11-20-12-16(18)4/h9-12H,5-8H2,1-4H3. The van der Waals surface area contributed by atoms with Crippen molar-refractivity contribution in [1.82, 2.24) is 9.97 Å². The fourth-order valence-corrected chi connectivity index (χ4v) is 2.34. The summed E-state index contributed by atoms with van der Waals surface area (Å²) >= 11 is 0. The highest BCUT2D eigenvalue weighted by Gasteiger charge is 2.05. The second-order valence-electron chi connectivity index (χ2n) is 5.51. The van der Waals surface area contributed by atoms with Gasteiger partial charge in [0.2, 0.25) is 0 Å². The molecule has 0 aliphatic rings. The Morgan fingerprint density at radius 3 is 1.30 bits per heavy atom. The first kappa shape index (κ1) is 17.2. The topological polar surface area (TPSA) is 53.5 Å². The number of hydrogen-bond acceptors (Lipinski definition) is 5. The van der Waals surface area contributed by atoms with Crippen LogP contribution in [0.1, 0.15) is 22.3 Å². The molecule has 0 bridgehead atoms. The minimum absolute atomic E-state index is 0.513. The molecule has 0 radical (unpaired) electrons. The molecule has 0 amide bonds. The number of ether oxygens (including phenoxy) is 3. The van der Waals surface area contributed by atoms with Gasteiger partial charge >= 0.3 is 0 Å². The van der Waals surface area contributed by atoms with Gasteiger partial charge in [-0.05, 0) is 27.7 Å². The Morgan fingerprint density at radius 2 is 0.957 bits per heavy atom. The van der Waals surface area contributed by atoms with Gasteiger partial charge < -0.3 is 14.2 Å². The maximum atomic E-state index is 5.76. The molecule has 0 atom stereocenters. The second-order valence-corrected chi connectivity index (χ2v) is 5.51. The van der Waals surface area contributed by atoms with Crippen molar-refractivity contribution in [1.29, 1.82) is 0 Å². The van der Waals surface area contributed by atoms with Crippen LogP contribution in [0, 0.1) is 27.7 Å². The van der Waals surface area contributed by atoms with Crippen molar-refractivity contribution in [2.75, 3.05) is 26.4 Å². The molecule has 2 aromatic heterocycles. The zero-order chi connectivity index (χ0) is 16.7. The van der Waals surface area contributed by atoms with Crippen LogP contribution in [0.15, 0.2) is 24.8 Å². The molecule has 2 rings (SSSR count). The molecule has 0 saturated heterocycles. The van der Waals surface area contributed by atoms with Gasteiger partial charge in [-0.25, -0.2) is 0 Å². The van der Waals surface area contributed by atoms with Crippen molar-refractivity contribution in [3.05, 3.63) is 47.0 Å². The Kier molecular flexibility index (Phi) is 6.35. The van der Waals surface area contributed by atoms with Crippen LogP contribution in [0.25, 0.3) is 0 Å². The number of pyridine rings is 2. The van der Waals surface area contributed by atoms with Crippen LogP contribution in [0.3, 0.4) is 0 Å². The molecule has 5 heteroatoms. The summed E-state index contributed by atoms with van der Waals surface area (Å²) in [5.41, 5.74) is 4.16. The van der Waals surface area contributed by atoms with Gasteiger partial charge in [-0.15, -0.1) is 0 Å². The molecule has 0 aliphatic carbocycles. The Labute approximate surface area is 137 Å². The zero-order valence-electron chi connectivity index (χ0n) is 14.3. The van der Waals surface area contributed by atoms with Crippen molar-refractivity contribution in [3.63, 3.8) is 0 Å². The normalized spacial score (nSPS) is 10.6. The molecular weight excluding hydrogens is 292 g/mol. The Balaban J connectivity index is 1.65. The van der Waals surface area contributed by atoms with Gasteiger partial charge in [0, 0.05) is 47.0 Å². The van der Waals surface area contributed by atoms with E-state index in [0.29, 0.717) is 26.4 Å². The van der Waals surface area contributed by atoms with Crippen LogP contribution in [0.5, 0.6) is 11.5 Å². The summed E-state index contributed by atoms with van der Waals surface area (Å²) < 4.78 is 17.1. The predicted octanol–water partition coefficient (Wildman–Crippen LogP) is 3.18. The van der Waals surface area contributed by atoms with Gasteiger partial charge in [0.15, 0.2) is 0 Å². The maximum Gasteiger partial charge on any atom is 0.128 e. The largest absolute Gasteiger partial charge is 0.491 e. The van der Waals surface area contributed by atoms with Crippen molar-refractivity contribution < 1.29 is 14.2 Å². The molecule has 2 aromatic rings. The van der Waals surface area contributed by atoms with Gasteiger partial charge in [0.25, 0.3) is 0 Å². The molecule has 0 spiro atoms. The van der Waals surface area contributed by atoms with Crippen LogP contribution in [-0.2, 0) is 4.74 Å². The predicted molar refractivity (Wildman–Crippen MR) is 89.2 cm³/mol. The van der Waals surface area contributed by atoms with Crippen molar-refractivity contribution >= 4 is 0 Å². The Hall–Kier alpha value is -2.14. The average Bonchev–Trinajstić information content (AvgIpc) is 2.51. The van der Waals surface area contributed by atoms with E-state index in [1.807, 2.05) is 27.7 Å². The highest BCUT2D eigenvalue weighted by Crippen LogP contribution is 2.21. The molecule has 0 N–H and O–H groups in total. The molecule has 23 heavy (non-hydrogen) atoms. The van der Waals surface area contributed by atoms with Crippen LogP contribution in [-0.4, -0.2) is 36.4 Å². The first-order chi connectivity index (χ1) is 11.1. The fourth-order valence-electron chi connectivity index (χ4n) is 2.34. The lowest BCUT2D eigenvalue weighted by molar-refractivity contribution is 0.0757. The molecule has 2 heterocycles. The third kappa shape index (κ3) is 4.93. The van der Waals surface area contributed by atoms with E-state index >= 15 is 0 Å². The van der Waals surface area contributed by atoms with Crippen molar-refractivity contribution in [3.8, 4) is 11.5 Å². The van der Waals surface area contributed by atoms with Crippen molar-refractivity contribution in [2.45, 2.75) is 27.7 Å². The van der Waals surface area contributed by atoms with Gasteiger partial charge in [0.1, 0.15) is 24.7 Å². The van der Waals surface area contributed by atoms with Gasteiger partial charge in [0.05, 0.1) is 13.2 Å². The van der Waals surface area contributed by atoms with Gasteiger partial charge in [-0.3, -0.25) is 9.97 Å². The molecule has 0 fully saturated rings. The second kappa shape index (κ2) is 8.48. The Bertz CT molecular complexity index is 548. The molecule has 0 unspecified atom stereocenters. The van der Waals surface area contributed by atoms with Crippen LogP contribution < -0.4 is 9.47 Å². The summed E-state index contributed by atoms with van der Waals surface area (Å²) in [7, 11) is 0. The molecule has 5 nitrogen and oxygen atoms in total. The summed E-state index contributed by atoms with van der Waals surface area (Å²) in [5.74, 6) is 1.78. The number of hydrogen-bond donors (Lipinski definition) is 0. The number of aryl methyl sites for hydroxylation is 4. The third-order valence-corrected chi connectivity index (χ3v) is 3.45. The summed E-state index contributed by atoms with van der Waals surface area (Å²) in [5, 5.41) is 0. The van der Waals surface area contributed by atoms with Gasteiger partial charge in [-0.2, -0.15) is 0 Å². The summed E-state index contributed by atoms with van der Waals surface area (Å²) in [6, 6.07) is 0. The molecule has 0 saturated carbocycles. The minimum atomic E-state index is 0.513. The highest BCUT2D eigenvalue weighted by atomic mass is 16.5.